The van der Waals surface area contributed by atoms with E-state index in [2.05, 4.69) is 12.0 Å². The van der Waals surface area contributed by atoms with Gasteiger partial charge >= 0.3 is 0 Å². The predicted molar refractivity (Wildman–Crippen MR) is 90.3 cm³/mol. The van der Waals surface area contributed by atoms with E-state index in [9.17, 15) is 9.59 Å². The standard InChI is InChI=1S/C17H22N4O3/c1-11-4-3-7-20(9-11)16(22)10-21-17(23)13(18)8-14(19-21)15-6-5-12(2)24-15/h5-6,8,11H,3-4,7,9-10,18H2,1-2H3/t11-/m0/s1. The number of likely N-dealkylation sites (tertiary alicyclic amines) is 1. The highest BCUT2D eigenvalue weighted by Crippen LogP contribution is 2.20. The van der Waals surface area contributed by atoms with Gasteiger partial charge in [0.05, 0.1) is 0 Å². The van der Waals surface area contributed by atoms with E-state index in [1.54, 1.807) is 11.0 Å². The number of amides is 1. The number of anilines is 1. The number of aromatic nitrogens is 2. The Balaban J connectivity index is 1.86. The van der Waals surface area contributed by atoms with E-state index in [0.29, 0.717) is 17.4 Å². The van der Waals surface area contributed by atoms with Crippen molar-refractivity contribution in [3.8, 4) is 11.5 Å². The lowest BCUT2D eigenvalue weighted by molar-refractivity contribution is -0.133. The predicted octanol–water partition coefficient (Wildman–Crippen LogP) is 1.65. The molecule has 2 aromatic rings. The zero-order valence-electron chi connectivity index (χ0n) is 14.0. The average molecular weight is 330 g/mol. The van der Waals surface area contributed by atoms with Crippen LogP contribution in [0.3, 0.4) is 0 Å². The molecule has 0 spiro atoms. The second-order valence-corrected chi connectivity index (χ2v) is 6.45. The molecule has 0 unspecified atom stereocenters. The molecule has 1 saturated heterocycles. The van der Waals surface area contributed by atoms with Gasteiger partial charge in [0.2, 0.25) is 5.91 Å². The third kappa shape index (κ3) is 3.34. The molecule has 0 aliphatic carbocycles. The number of rotatable bonds is 3. The number of hydrogen-bond donors (Lipinski definition) is 1. The first kappa shape index (κ1) is 16.3. The zero-order chi connectivity index (χ0) is 17.3. The topological polar surface area (TPSA) is 94.4 Å². The molecule has 1 amide bonds. The Kier molecular flexibility index (Phi) is 4.42. The first-order valence-electron chi connectivity index (χ1n) is 8.16. The highest BCUT2D eigenvalue weighted by molar-refractivity contribution is 5.76. The molecule has 3 heterocycles. The maximum atomic E-state index is 12.5. The first-order chi connectivity index (χ1) is 11.4. The summed E-state index contributed by atoms with van der Waals surface area (Å²) in [7, 11) is 0. The van der Waals surface area contributed by atoms with Crippen molar-refractivity contribution >= 4 is 11.6 Å². The highest BCUT2D eigenvalue weighted by Gasteiger charge is 2.22. The molecule has 0 aromatic carbocycles. The maximum absolute atomic E-state index is 12.5. The van der Waals surface area contributed by atoms with Gasteiger partial charge in [-0.15, -0.1) is 0 Å². The van der Waals surface area contributed by atoms with Gasteiger partial charge in [0.25, 0.3) is 5.56 Å². The fourth-order valence-electron chi connectivity index (χ4n) is 3.01. The number of aryl methyl sites for hydroxylation is 1. The van der Waals surface area contributed by atoms with Crippen LogP contribution < -0.4 is 11.3 Å². The summed E-state index contributed by atoms with van der Waals surface area (Å²) in [5.41, 5.74) is 5.84. The van der Waals surface area contributed by atoms with E-state index in [0.717, 1.165) is 36.4 Å². The van der Waals surface area contributed by atoms with Gasteiger partial charge < -0.3 is 15.1 Å². The number of furan rings is 1. The number of piperidine rings is 1. The van der Waals surface area contributed by atoms with Crippen LogP contribution in [-0.4, -0.2) is 33.7 Å². The second-order valence-electron chi connectivity index (χ2n) is 6.45. The fourth-order valence-corrected chi connectivity index (χ4v) is 3.01. The van der Waals surface area contributed by atoms with E-state index < -0.39 is 5.56 Å². The van der Waals surface area contributed by atoms with Crippen LogP contribution in [0, 0.1) is 12.8 Å². The van der Waals surface area contributed by atoms with Crippen LogP contribution in [0.4, 0.5) is 5.69 Å². The Morgan fingerprint density at radius 1 is 1.46 bits per heavy atom. The number of carbonyl (C=O) groups excluding carboxylic acids is 1. The van der Waals surface area contributed by atoms with E-state index in [4.69, 9.17) is 10.2 Å². The smallest absolute Gasteiger partial charge is 0.290 e. The Morgan fingerprint density at radius 2 is 2.25 bits per heavy atom. The van der Waals surface area contributed by atoms with Crippen molar-refractivity contribution in [1.82, 2.24) is 14.7 Å². The monoisotopic (exact) mass is 330 g/mol. The molecular formula is C17H22N4O3. The van der Waals surface area contributed by atoms with Gasteiger partial charge in [-0.1, -0.05) is 6.92 Å². The van der Waals surface area contributed by atoms with Crippen LogP contribution in [0.2, 0.25) is 0 Å². The van der Waals surface area contributed by atoms with Gasteiger partial charge in [0.15, 0.2) is 5.76 Å². The average Bonchev–Trinajstić information content (AvgIpc) is 2.98. The molecule has 1 fully saturated rings. The molecule has 1 aliphatic heterocycles. The Bertz CT molecular complexity index is 808. The summed E-state index contributed by atoms with van der Waals surface area (Å²) in [4.78, 5) is 26.5. The summed E-state index contributed by atoms with van der Waals surface area (Å²) < 4.78 is 6.66. The van der Waals surface area contributed by atoms with Crippen LogP contribution in [0.25, 0.3) is 11.5 Å². The van der Waals surface area contributed by atoms with Gasteiger partial charge in [-0.05, 0) is 43.9 Å². The third-order valence-corrected chi connectivity index (χ3v) is 4.29. The van der Waals surface area contributed by atoms with Gasteiger partial charge in [0, 0.05) is 13.1 Å². The summed E-state index contributed by atoms with van der Waals surface area (Å²) in [5.74, 6) is 1.63. The summed E-state index contributed by atoms with van der Waals surface area (Å²) in [5, 5.41) is 4.25. The van der Waals surface area contributed by atoms with Crippen molar-refractivity contribution in [1.29, 1.82) is 0 Å². The largest absolute Gasteiger partial charge is 0.460 e. The van der Waals surface area contributed by atoms with Crippen LogP contribution in [0.15, 0.2) is 27.4 Å². The Labute approximate surface area is 140 Å². The second kappa shape index (κ2) is 6.51. The lowest BCUT2D eigenvalue weighted by Crippen LogP contribution is -2.42. The van der Waals surface area contributed by atoms with Crippen LogP contribution in [0.5, 0.6) is 0 Å². The molecular weight excluding hydrogens is 308 g/mol. The quantitative estimate of drug-likeness (QED) is 0.923. The van der Waals surface area contributed by atoms with Crippen LogP contribution in [-0.2, 0) is 11.3 Å². The van der Waals surface area contributed by atoms with Gasteiger partial charge in [-0.2, -0.15) is 5.10 Å². The summed E-state index contributed by atoms with van der Waals surface area (Å²) in [6.07, 6.45) is 2.12. The van der Waals surface area contributed by atoms with E-state index in [-0.39, 0.29) is 18.1 Å². The normalized spacial score (nSPS) is 17.9. The lowest BCUT2D eigenvalue weighted by Gasteiger charge is -2.31. The number of nitrogens with zero attached hydrogens (tertiary/aromatic N) is 3. The fraction of sp³-hybridized carbons (Fsp3) is 0.471. The van der Waals surface area contributed by atoms with E-state index in [1.165, 1.54) is 6.07 Å². The molecule has 2 aromatic heterocycles. The SMILES string of the molecule is Cc1ccc(-c2cc(N)c(=O)n(CC(=O)N3CCC[C@H](C)C3)n2)o1. The molecule has 7 heteroatoms. The van der Waals surface area contributed by atoms with Crippen molar-refractivity contribution in [2.75, 3.05) is 18.8 Å². The molecule has 2 N–H and O–H groups in total. The third-order valence-electron chi connectivity index (χ3n) is 4.29. The number of hydrogen-bond acceptors (Lipinski definition) is 5. The first-order valence-corrected chi connectivity index (χ1v) is 8.16. The minimum atomic E-state index is -0.458. The Hall–Kier alpha value is -2.57. The lowest BCUT2D eigenvalue weighted by atomic mass is 10.0. The van der Waals surface area contributed by atoms with Crippen molar-refractivity contribution in [2.24, 2.45) is 5.92 Å². The number of nitrogen functional groups attached to an aromatic ring is 1. The molecule has 0 saturated carbocycles. The zero-order valence-corrected chi connectivity index (χ0v) is 14.0. The van der Waals surface area contributed by atoms with Crippen LogP contribution >= 0.6 is 0 Å². The van der Waals surface area contributed by atoms with E-state index >= 15 is 0 Å². The Morgan fingerprint density at radius 3 is 2.92 bits per heavy atom. The van der Waals surface area contributed by atoms with E-state index in [1.807, 2.05) is 13.0 Å². The van der Waals surface area contributed by atoms with Gasteiger partial charge in [0.1, 0.15) is 23.7 Å². The summed E-state index contributed by atoms with van der Waals surface area (Å²) in [6, 6.07) is 5.05. The molecule has 3 rings (SSSR count). The number of nitrogens with two attached hydrogens (primary N) is 1. The van der Waals surface area contributed by atoms with Gasteiger partial charge in [-0.25, -0.2) is 4.68 Å². The molecule has 1 aliphatic rings. The molecule has 0 bridgehead atoms. The van der Waals surface area contributed by atoms with Crippen LogP contribution in [0.1, 0.15) is 25.5 Å². The van der Waals surface area contributed by atoms with Crippen molar-refractivity contribution in [3.63, 3.8) is 0 Å². The molecule has 128 valence electrons. The van der Waals surface area contributed by atoms with Crippen molar-refractivity contribution in [3.05, 3.63) is 34.3 Å². The highest BCUT2D eigenvalue weighted by atomic mass is 16.3. The van der Waals surface area contributed by atoms with Crippen molar-refractivity contribution < 1.29 is 9.21 Å². The molecule has 1 atom stereocenters. The molecule has 24 heavy (non-hydrogen) atoms. The minimum Gasteiger partial charge on any atom is -0.460 e. The van der Waals surface area contributed by atoms with Gasteiger partial charge in [-0.3, -0.25) is 9.59 Å². The molecule has 0 radical (unpaired) electrons. The molecule has 7 nitrogen and oxygen atoms in total. The minimum absolute atomic E-state index is 0.0499. The summed E-state index contributed by atoms with van der Waals surface area (Å²) in [6.45, 7) is 5.29. The maximum Gasteiger partial charge on any atom is 0.290 e. The number of carbonyl (C=O) groups is 1. The summed E-state index contributed by atoms with van der Waals surface area (Å²) >= 11 is 0. The van der Waals surface area contributed by atoms with Crippen molar-refractivity contribution in [2.45, 2.75) is 33.2 Å².